The van der Waals surface area contributed by atoms with Gasteiger partial charge in [0, 0.05) is 37.1 Å². The number of nitrogens with one attached hydrogen (secondary N) is 1. The van der Waals surface area contributed by atoms with Crippen LogP contribution < -0.4 is 5.32 Å². The zero-order valence-corrected chi connectivity index (χ0v) is 16.9. The summed E-state index contributed by atoms with van der Waals surface area (Å²) in [6, 6.07) is 12.6. The molecule has 8 heteroatoms. The third-order valence-corrected chi connectivity index (χ3v) is 6.25. The average molecular weight is 410 g/mol. The molecule has 0 radical (unpaired) electrons. The molecule has 29 heavy (non-hydrogen) atoms. The Kier molecular flexibility index (Phi) is 5.53. The molecular weight excluding hydrogens is 388 g/mol. The van der Waals surface area contributed by atoms with Crippen molar-refractivity contribution in [2.24, 2.45) is 0 Å². The van der Waals surface area contributed by atoms with Crippen LogP contribution in [-0.4, -0.2) is 64.7 Å². The third-order valence-electron chi connectivity index (χ3n) is 5.23. The van der Waals surface area contributed by atoms with Gasteiger partial charge in [0.1, 0.15) is 6.04 Å². The van der Waals surface area contributed by atoms with E-state index in [4.69, 9.17) is 0 Å². The second-order valence-corrected chi connectivity index (χ2v) is 8.31. The Morgan fingerprint density at radius 3 is 2.72 bits per heavy atom. The lowest BCUT2D eigenvalue weighted by Gasteiger charge is -2.33. The Morgan fingerprint density at radius 2 is 2.00 bits per heavy atom. The molecule has 2 saturated heterocycles. The highest BCUT2D eigenvalue weighted by Gasteiger charge is 2.44. The first kappa shape index (κ1) is 19.4. The van der Waals surface area contributed by atoms with E-state index >= 15 is 0 Å². The largest absolute Gasteiger partial charge is 0.347 e. The molecule has 0 unspecified atom stereocenters. The number of carbonyl (C=O) groups excluding carboxylic acids is 3. The van der Waals surface area contributed by atoms with Gasteiger partial charge in [0.05, 0.1) is 11.6 Å². The van der Waals surface area contributed by atoms with Crippen molar-refractivity contribution in [2.45, 2.75) is 29.3 Å². The molecule has 3 heterocycles. The van der Waals surface area contributed by atoms with Gasteiger partial charge in [-0.15, -0.1) is 11.8 Å². The lowest BCUT2D eigenvalue weighted by Crippen LogP contribution is -2.55. The normalized spacial score (nSPS) is 21.3. The standard InChI is InChI=1S/C21H22N4O3S/c1-24-12-19(26)25-11-16(10-17(25)21(24)28)23-20(27)15-7-5-14(6-8-15)13-29-18-4-2-3-9-22-18/h2-9,16-17H,10-13H2,1H3,(H,23,27)/t16-,17+/m1/s1. The summed E-state index contributed by atoms with van der Waals surface area (Å²) >= 11 is 1.64. The number of rotatable bonds is 5. The summed E-state index contributed by atoms with van der Waals surface area (Å²) in [4.78, 5) is 44.3. The Balaban J connectivity index is 1.33. The van der Waals surface area contributed by atoms with E-state index in [1.54, 1.807) is 42.0 Å². The Labute approximate surface area is 173 Å². The van der Waals surface area contributed by atoms with E-state index in [2.05, 4.69) is 10.3 Å². The summed E-state index contributed by atoms with van der Waals surface area (Å²) in [7, 11) is 1.64. The average Bonchev–Trinajstić information content (AvgIpc) is 3.16. The smallest absolute Gasteiger partial charge is 0.251 e. The first-order valence-corrected chi connectivity index (χ1v) is 10.5. The lowest BCUT2D eigenvalue weighted by molar-refractivity contribution is -0.152. The Bertz CT molecular complexity index is 919. The van der Waals surface area contributed by atoms with Gasteiger partial charge in [-0.3, -0.25) is 14.4 Å². The Morgan fingerprint density at radius 1 is 1.21 bits per heavy atom. The molecule has 3 amide bonds. The zero-order chi connectivity index (χ0) is 20.4. The van der Waals surface area contributed by atoms with Crippen molar-refractivity contribution in [3.05, 3.63) is 59.8 Å². The van der Waals surface area contributed by atoms with Gasteiger partial charge in [-0.1, -0.05) is 18.2 Å². The van der Waals surface area contributed by atoms with Gasteiger partial charge in [0.2, 0.25) is 11.8 Å². The predicted octanol–water partition coefficient (Wildman–Crippen LogP) is 1.55. The van der Waals surface area contributed by atoms with Crippen molar-refractivity contribution in [1.29, 1.82) is 0 Å². The van der Waals surface area contributed by atoms with E-state index < -0.39 is 6.04 Å². The van der Waals surface area contributed by atoms with Crippen LogP contribution >= 0.6 is 11.8 Å². The van der Waals surface area contributed by atoms with Crippen LogP contribution in [0.5, 0.6) is 0 Å². The molecule has 1 aromatic carbocycles. The van der Waals surface area contributed by atoms with Crippen molar-refractivity contribution in [3.8, 4) is 0 Å². The first-order valence-electron chi connectivity index (χ1n) is 9.49. The highest BCUT2D eigenvalue weighted by Crippen LogP contribution is 2.24. The summed E-state index contributed by atoms with van der Waals surface area (Å²) in [6.07, 6.45) is 2.23. The van der Waals surface area contributed by atoms with Crippen molar-refractivity contribution in [2.75, 3.05) is 20.1 Å². The van der Waals surface area contributed by atoms with E-state index in [9.17, 15) is 14.4 Å². The predicted molar refractivity (Wildman–Crippen MR) is 109 cm³/mol. The highest BCUT2D eigenvalue weighted by atomic mass is 32.2. The summed E-state index contributed by atoms with van der Waals surface area (Å²) in [5, 5.41) is 3.93. The van der Waals surface area contributed by atoms with Gasteiger partial charge in [0.25, 0.3) is 5.91 Å². The summed E-state index contributed by atoms with van der Waals surface area (Å²) in [6.45, 7) is 0.488. The minimum absolute atomic E-state index is 0.0592. The molecular formula is C21H22N4O3S. The maximum atomic E-state index is 12.6. The molecule has 2 aliphatic heterocycles. The SMILES string of the molecule is CN1CC(=O)N2C[C@H](NC(=O)c3ccc(CSc4ccccn4)cc3)C[C@H]2C1=O. The monoisotopic (exact) mass is 410 g/mol. The quantitative estimate of drug-likeness (QED) is 0.757. The molecule has 1 N–H and O–H groups in total. The number of amides is 3. The number of hydrogen-bond acceptors (Lipinski definition) is 5. The van der Waals surface area contributed by atoms with Crippen LogP contribution in [0.15, 0.2) is 53.7 Å². The van der Waals surface area contributed by atoms with E-state index in [0.29, 0.717) is 18.5 Å². The molecule has 0 spiro atoms. The molecule has 0 aliphatic carbocycles. The topological polar surface area (TPSA) is 82.6 Å². The number of pyridine rings is 1. The number of thioether (sulfide) groups is 1. The van der Waals surface area contributed by atoms with Gasteiger partial charge >= 0.3 is 0 Å². The van der Waals surface area contributed by atoms with E-state index in [1.807, 2.05) is 30.3 Å². The van der Waals surface area contributed by atoms with Crippen molar-refractivity contribution in [1.82, 2.24) is 20.1 Å². The molecule has 0 bridgehead atoms. The molecule has 150 valence electrons. The molecule has 4 rings (SSSR count). The summed E-state index contributed by atoms with van der Waals surface area (Å²) in [5.41, 5.74) is 1.67. The second-order valence-electron chi connectivity index (χ2n) is 7.32. The highest BCUT2D eigenvalue weighted by molar-refractivity contribution is 7.98. The lowest BCUT2D eigenvalue weighted by atomic mass is 10.1. The van der Waals surface area contributed by atoms with E-state index in [1.165, 1.54) is 4.90 Å². The van der Waals surface area contributed by atoms with Crippen LogP contribution in [0.3, 0.4) is 0 Å². The van der Waals surface area contributed by atoms with Crippen LogP contribution in [-0.2, 0) is 15.3 Å². The zero-order valence-electron chi connectivity index (χ0n) is 16.1. The first-order chi connectivity index (χ1) is 14.0. The minimum atomic E-state index is -0.461. The fourth-order valence-electron chi connectivity index (χ4n) is 3.69. The van der Waals surface area contributed by atoms with Crippen LogP contribution in [0.1, 0.15) is 22.3 Å². The van der Waals surface area contributed by atoms with Gasteiger partial charge in [0.15, 0.2) is 0 Å². The van der Waals surface area contributed by atoms with Crippen LogP contribution in [0.2, 0.25) is 0 Å². The molecule has 2 fully saturated rings. The van der Waals surface area contributed by atoms with Crippen LogP contribution in [0, 0.1) is 0 Å². The van der Waals surface area contributed by atoms with E-state index in [-0.39, 0.29) is 30.3 Å². The van der Waals surface area contributed by atoms with Crippen LogP contribution in [0.25, 0.3) is 0 Å². The molecule has 0 saturated carbocycles. The van der Waals surface area contributed by atoms with Crippen molar-refractivity contribution < 1.29 is 14.4 Å². The number of carbonyl (C=O) groups is 3. The van der Waals surface area contributed by atoms with Crippen LogP contribution in [0.4, 0.5) is 0 Å². The maximum Gasteiger partial charge on any atom is 0.251 e. The molecule has 2 atom stereocenters. The van der Waals surface area contributed by atoms with Gasteiger partial charge in [-0.2, -0.15) is 0 Å². The fraction of sp³-hybridized carbons (Fsp3) is 0.333. The Hall–Kier alpha value is -2.87. The number of hydrogen-bond donors (Lipinski definition) is 1. The van der Waals surface area contributed by atoms with Gasteiger partial charge in [-0.25, -0.2) is 4.98 Å². The van der Waals surface area contributed by atoms with Gasteiger partial charge in [-0.05, 0) is 36.2 Å². The number of piperazine rings is 1. The summed E-state index contributed by atoms with van der Waals surface area (Å²) < 4.78 is 0. The number of likely N-dealkylation sites (N-methyl/N-ethyl adjacent to an activating group) is 1. The number of aromatic nitrogens is 1. The maximum absolute atomic E-state index is 12.6. The van der Waals surface area contributed by atoms with Crippen molar-refractivity contribution in [3.63, 3.8) is 0 Å². The molecule has 2 aromatic rings. The number of benzene rings is 1. The van der Waals surface area contributed by atoms with E-state index in [0.717, 1.165) is 16.3 Å². The fourth-order valence-corrected chi connectivity index (χ4v) is 4.50. The second kappa shape index (κ2) is 8.24. The van der Waals surface area contributed by atoms with Crippen molar-refractivity contribution >= 4 is 29.5 Å². The molecule has 1 aromatic heterocycles. The molecule has 7 nitrogen and oxygen atoms in total. The summed E-state index contributed by atoms with van der Waals surface area (Å²) in [5.74, 6) is 0.461. The number of fused-ring (bicyclic) bond motifs is 1. The third kappa shape index (κ3) is 4.27. The number of nitrogens with zero attached hydrogens (tertiary/aromatic N) is 3. The molecule has 2 aliphatic rings. The minimum Gasteiger partial charge on any atom is -0.347 e. The van der Waals surface area contributed by atoms with Gasteiger partial charge < -0.3 is 15.1 Å².